The summed E-state index contributed by atoms with van der Waals surface area (Å²) >= 11 is 1.58. The zero-order valence-electron chi connectivity index (χ0n) is 18.3. The fraction of sp³-hybridized carbons (Fsp3) is 0.348. The smallest absolute Gasteiger partial charge is 0.326 e. The molecule has 3 aromatic heterocycles. The second kappa shape index (κ2) is 7.74. The van der Waals surface area contributed by atoms with Crippen molar-refractivity contribution in [3.8, 4) is 11.8 Å². The van der Waals surface area contributed by atoms with Crippen molar-refractivity contribution in [3.63, 3.8) is 0 Å². The first-order chi connectivity index (χ1) is 16.0. The van der Waals surface area contributed by atoms with E-state index in [0.717, 1.165) is 46.5 Å². The molecule has 4 N–H and O–H groups in total. The van der Waals surface area contributed by atoms with Gasteiger partial charge in [-0.15, -0.1) is 11.8 Å². The molecule has 1 aliphatic carbocycles. The Bertz CT molecular complexity index is 1380. The molecule has 0 amide bonds. The average Bonchev–Trinajstić information content (AvgIpc) is 3.35. The number of aromatic nitrogens is 4. The van der Waals surface area contributed by atoms with Crippen molar-refractivity contribution in [3.05, 3.63) is 36.4 Å². The van der Waals surface area contributed by atoms with Gasteiger partial charge in [-0.3, -0.25) is 4.98 Å². The highest BCUT2D eigenvalue weighted by Gasteiger charge is 2.46. The molecular formula is C23H24FN7OS. The van der Waals surface area contributed by atoms with Crippen LogP contribution in [0.25, 0.3) is 21.9 Å². The maximum Gasteiger partial charge on any atom is 0.326 e. The molecule has 0 bridgehead atoms. The van der Waals surface area contributed by atoms with Crippen LogP contribution in [-0.4, -0.2) is 52.4 Å². The Morgan fingerprint density at radius 2 is 2.12 bits per heavy atom. The van der Waals surface area contributed by atoms with E-state index < -0.39 is 0 Å². The van der Waals surface area contributed by atoms with E-state index in [1.807, 2.05) is 12.3 Å². The summed E-state index contributed by atoms with van der Waals surface area (Å²) in [6.07, 6.45) is 6.43. The van der Waals surface area contributed by atoms with E-state index in [4.69, 9.17) is 15.5 Å². The molecule has 0 radical (unpaired) electrons. The lowest BCUT2D eigenvalue weighted by atomic mass is 9.72. The van der Waals surface area contributed by atoms with Crippen molar-refractivity contribution in [2.75, 3.05) is 36.6 Å². The van der Waals surface area contributed by atoms with Gasteiger partial charge in [-0.25, -0.2) is 4.39 Å². The second-order valence-electron chi connectivity index (χ2n) is 8.70. The normalized spacial score (nSPS) is 21.9. The van der Waals surface area contributed by atoms with Crippen LogP contribution in [-0.2, 0) is 0 Å². The number of nitrogens with two attached hydrogens (primary N) is 1. The predicted octanol–water partition coefficient (Wildman–Crippen LogP) is 3.98. The number of ether oxygens (including phenoxy) is 1. The van der Waals surface area contributed by atoms with Gasteiger partial charge in [0.2, 0.25) is 0 Å². The Hall–Kier alpha value is -3.11. The molecule has 4 heterocycles. The van der Waals surface area contributed by atoms with Crippen molar-refractivity contribution < 1.29 is 9.13 Å². The van der Waals surface area contributed by atoms with Crippen LogP contribution in [0.1, 0.15) is 6.42 Å². The van der Waals surface area contributed by atoms with Gasteiger partial charge in [-0.2, -0.15) is 9.97 Å². The zero-order valence-corrected chi connectivity index (χ0v) is 19.1. The maximum absolute atomic E-state index is 14.5. The van der Waals surface area contributed by atoms with Gasteiger partial charge in [0.1, 0.15) is 17.3 Å². The molecule has 2 unspecified atom stereocenters. The standard InChI is InChI=1S/C23H24FN7OS/c1-26-18-5-12(24)4-15-19-21(28-20(15)18)29-23(32-13-6-14(33-2)8-27-7-13)30-22(19)31-9-11-3-17(25)16(11)10-31/h4-8,11,16-17,26H,3,9-10,25H2,1-2H3,(H,28,29,30)/t11?,16?,17-/m1/s1. The number of thioether (sulfide) groups is 1. The summed E-state index contributed by atoms with van der Waals surface area (Å²) in [6, 6.07) is 5.35. The van der Waals surface area contributed by atoms with Gasteiger partial charge in [0.15, 0.2) is 5.75 Å². The Morgan fingerprint density at radius 1 is 1.24 bits per heavy atom. The molecule has 3 atom stereocenters. The van der Waals surface area contributed by atoms with Crippen molar-refractivity contribution >= 4 is 45.2 Å². The highest BCUT2D eigenvalue weighted by atomic mass is 32.2. The number of pyridine rings is 1. The lowest BCUT2D eigenvalue weighted by Crippen LogP contribution is -2.46. The minimum absolute atomic E-state index is 0.221. The number of rotatable bonds is 5. The largest absolute Gasteiger partial charge is 0.423 e. The minimum Gasteiger partial charge on any atom is -0.423 e. The third-order valence-electron chi connectivity index (χ3n) is 6.80. The molecule has 0 spiro atoms. The topological polar surface area (TPSA) is 105 Å². The Kier molecular flexibility index (Phi) is 4.81. The molecule has 2 aliphatic rings. The van der Waals surface area contributed by atoms with E-state index in [0.29, 0.717) is 28.9 Å². The molecule has 4 aromatic rings. The summed E-state index contributed by atoms with van der Waals surface area (Å²) < 4.78 is 20.5. The Balaban J connectivity index is 1.52. The van der Waals surface area contributed by atoms with Crippen LogP contribution in [0.2, 0.25) is 0 Å². The van der Waals surface area contributed by atoms with E-state index >= 15 is 0 Å². The Labute approximate surface area is 194 Å². The van der Waals surface area contributed by atoms with Crippen LogP contribution < -0.4 is 20.7 Å². The van der Waals surface area contributed by atoms with Gasteiger partial charge >= 0.3 is 6.01 Å². The SMILES string of the molecule is CNc1cc(F)cc2c1[nH]c1nc(Oc3cncc(SC)c3)nc(N3CC4C[C@@H](N)C4C3)c12. The van der Waals surface area contributed by atoms with Gasteiger partial charge in [-0.05, 0) is 42.7 Å². The summed E-state index contributed by atoms with van der Waals surface area (Å²) in [7, 11) is 1.77. The number of fused-ring (bicyclic) bond motifs is 4. The fourth-order valence-corrected chi connectivity index (χ4v) is 5.50. The predicted molar refractivity (Wildman–Crippen MR) is 129 cm³/mol. The first-order valence-corrected chi connectivity index (χ1v) is 12.1. The average molecular weight is 466 g/mol. The van der Waals surface area contributed by atoms with E-state index in [2.05, 4.69) is 25.2 Å². The van der Waals surface area contributed by atoms with Crippen molar-refractivity contribution in [1.29, 1.82) is 0 Å². The van der Waals surface area contributed by atoms with Gasteiger partial charge in [0.25, 0.3) is 0 Å². The second-order valence-corrected chi connectivity index (χ2v) is 9.57. The van der Waals surface area contributed by atoms with Gasteiger partial charge in [-0.1, -0.05) is 0 Å². The van der Waals surface area contributed by atoms with Crippen LogP contribution in [0, 0.1) is 17.7 Å². The molecule has 1 aromatic carbocycles. The number of nitrogens with one attached hydrogen (secondary N) is 2. The van der Waals surface area contributed by atoms with E-state index in [1.165, 1.54) is 12.1 Å². The van der Waals surface area contributed by atoms with Crippen LogP contribution >= 0.6 is 11.8 Å². The van der Waals surface area contributed by atoms with Gasteiger partial charge in [0, 0.05) is 42.7 Å². The summed E-state index contributed by atoms with van der Waals surface area (Å²) in [6.45, 7) is 1.69. The summed E-state index contributed by atoms with van der Waals surface area (Å²) in [5, 5.41) is 4.60. The number of halogens is 1. The van der Waals surface area contributed by atoms with Crippen molar-refractivity contribution in [2.45, 2.75) is 17.4 Å². The fourth-order valence-electron chi connectivity index (χ4n) is 5.10. The van der Waals surface area contributed by atoms with Crippen molar-refractivity contribution in [1.82, 2.24) is 19.9 Å². The number of nitrogens with zero attached hydrogens (tertiary/aromatic N) is 4. The number of hydrogen-bond donors (Lipinski definition) is 3. The lowest BCUT2D eigenvalue weighted by Gasteiger charge is -2.36. The van der Waals surface area contributed by atoms with Crippen LogP contribution in [0.4, 0.5) is 15.9 Å². The summed E-state index contributed by atoms with van der Waals surface area (Å²) in [5.41, 5.74) is 8.30. The Morgan fingerprint density at radius 3 is 2.88 bits per heavy atom. The molecule has 10 heteroatoms. The molecule has 170 valence electrons. The maximum atomic E-state index is 14.5. The van der Waals surface area contributed by atoms with E-state index in [-0.39, 0.29) is 17.9 Å². The number of H-pyrrole nitrogens is 1. The number of benzene rings is 1. The third-order valence-corrected chi connectivity index (χ3v) is 7.50. The lowest BCUT2D eigenvalue weighted by molar-refractivity contribution is 0.194. The van der Waals surface area contributed by atoms with Crippen LogP contribution in [0.5, 0.6) is 11.8 Å². The highest BCUT2D eigenvalue weighted by Crippen LogP contribution is 2.44. The molecule has 1 saturated heterocycles. The van der Waals surface area contributed by atoms with Crippen molar-refractivity contribution in [2.24, 2.45) is 17.6 Å². The first kappa shape index (κ1) is 20.5. The summed E-state index contributed by atoms with van der Waals surface area (Å²) in [4.78, 5) is 20.3. The van der Waals surface area contributed by atoms with E-state index in [9.17, 15) is 4.39 Å². The van der Waals surface area contributed by atoms with Crippen LogP contribution in [0.15, 0.2) is 35.5 Å². The molecule has 1 saturated carbocycles. The van der Waals surface area contributed by atoms with Gasteiger partial charge in [0.05, 0.1) is 22.8 Å². The molecular weight excluding hydrogens is 441 g/mol. The first-order valence-electron chi connectivity index (χ1n) is 10.9. The number of anilines is 2. The zero-order chi connectivity index (χ0) is 22.7. The molecule has 8 nitrogen and oxygen atoms in total. The molecule has 2 fully saturated rings. The summed E-state index contributed by atoms with van der Waals surface area (Å²) in [5.74, 6) is 2.00. The monoisotopic (exact) mass is 465 g/mol. The molecule has 1 aliphatic heterocycles. The number of hydrogen-bond acceptors (Lipinski definition) is 8. The molecule has 33 heavy (non-hydrogen) atoms. The minimum atomic E-state index is -0.317. The molecule has 6 rings (SSSR count). The van der Waals surface area contributed by atoms with Gasteiger partial charge < -0.3 is 25.7 Å². The number of aromatic amines is 1. The highest BCUT2D eigenvalue weighted by molar-refractivity contribution is 7.98. The van der Waals surface area contributed by atoms with Crippen LogP contribution in [0.3, 0.4) is 0 Å². The van der Waals surface area contributed by atoms with E-state index in [1.54, 1.807) is 31.2 Å². The quantitative estimate of drug-likeness (QED) is 0.380. The third kappa shape index (κ3) is 3.36.